The summed E-state index contributed by atoms with van der Waals surface area (Å²) in [6.45, 7) is 12.2. The molecule has 0 fully saturated rings. The highest BCUT2D eigenvalue weighted by Gasteiger charge is 2.37. The van der Waals surface area contributed by atoms with E-state index in [0.717, 1.165) is 11.8 Å². The van der Waals surface area contributed by atoms with E-state index in [1.54, 1.807) is 20.8 Å². The Morgan fingerprint density at radius 3 is 1.83 bits per heavy atom. The molecule has 0 heterocycles. The van der Waals surface area contributed by atoms with E-state index in [2.05, 4.69) is 0 Å². The molecule has 106 valence electrons. The molecule has 0 saturated carbocycles. The molecular weight excluding hydrogens is 252 g/mol. The first-order valence-electron chi connectivity index (χ1n) is 5.91. The lowest BCUT2D eigenvalue weighted by molar-refractivity contribution is -0.176. The fourth-order valence-corrected chi connectivity index (χ4v) is 2.16. The van der Waals surface area contributed by atoms with Crippen molar-refractivity contribution in [3.8, 4) is 0 Å². The lowest BCUT2D eigenvalue weighted by atomic mass is 10.0. The fourth-order valence-electron chi connectivity index (χ4n) is 1.12. The number of thioether (sulfide) groups is 1. The summed E-state index contributed by atoms with van der Waals surface area (Å²) in [5.74, 6) is -0.766. The molecule has 0 aromatic carbocycles. The second-order valence-electron chi connectivity index (χ2n) is 6.54. The molecule has 4 nitrogen and oxygen atoms in total. The highest BCUT2D eigenvalue weighted by Crippen LogP contribution is 2.28. The summed E-state index contributed by atoms with van der Waals surface area (Å²) in [5.41, 5.74) is -2.45. The van der Waals surface area contributed by atoms with Gasteiger partial charge in [-0.15, -0.1) is 0 Å². The Kier molecular flexibility index (Phi) is 5.44. The maximum atomic E-state index is 11.7. The maximum Gasteiger partial charge on any atom is 0.338 e. The van der Waals surface area contributed by atoms with Crippen LogP contribution in [-0.4, -0.2) is 32.1 Å². The van der Waals surface area contributed by atoms with Crippen molar-refractivity contribution in [1.29, 1.82) is 0 Å². The van der Waals surface area contributed by atoms with Crippen LogP contribution >= 0.6 is 11.8 Å². The van der Waals surface area contributed by atoms with Gasteiger partial charge in [0.15, 0.2) is 10.7 Å². The minimum absolute atomic E-state index is 0.224. The van der Waals surface area contributed by atoms with E-state index in [4.69, 9.17) is 4.74 Å². The van der Waals surface area contributed by atoms with E-state index >= 15 is 0 Å². The molecule has 0 radical (unpaired) electrons. The number of esters is 1. The summed E-state index contributed by atoms with van der Waals surface area (Å²) in [6.07, 6.45) is -0.246. The smallest absolute Gasteiger partial charge is 0.338 e. The molecule has 0 aromatic heterocycles. The summed E-state index contributed by atoms with van der Waals surface area (Å²) < 4.78 is 4.85. The van der Waals surface area contributed by atoms with Crippen molar-refractivity contribution < 1.29 is 19.4 Å². The van der Waals surface area contributed by atoms with Crippen molar-refractivity contribution in [2.75, 3.05) is 0 Å². The van der Waals surface area contributed by atoms with Gasteiger partial charge < -0.3 is 9.84 Å². The zero-order chi connectivity index (χ0) is 14.8. The van der Waals surface area contributed by atoms with Gasteiger partial charge in [-0.1, -0.05) is 32.5 Å². The Bertz CT molecular complexity index is 321. The fraction of sp³-hybridized carbons (Fsp3) is 0.846. The molecule has 1 N–H and O–H groups in total. The monoisotopic (exact) mass is 276 g/mol. The first-order chi connectivity index (χ1) is 7.73. The zero-order valence-corrected chi connectivity index (χ0v) is 13.1. The molecule has 0 aliphatic heterocycles. The highest BCUT2D eigenvalue weighted by atomic mass is 32.2. The lowest BCUT2D eigenvalue weighted by Crippen LogP contribution is -2.42. The van der Waals surface area contributed by atoms with Crippen LogP contribution in [0.1, 0.15) is 54.9 Å². The molecule has 0 aromatic rings. The Labute approximate surface area is 113 Å². The van der Waals surface area contributed by atoms with Crippen molar-refractivity contribution >= 4 is 22.8 Å². The molecule has 0 aliphatic carbocycles. The number of hydrogen-bond acceptors (Lipinski definition) is 5. The third kappa shape index (κ3) is 7.71. The second kappa shape index (κ2) is 5.61. The van der Waals surface area contributed by atoms with E-state index in [0.29, 0.717) is 0 Å². The van der Waals surface area contributed by atoms with E-state index < -0.39 is 17.2 Å². The average Bonchev–Trinajstić information content (AvgIpc) is 1.94. The van der Waals surface area contributed by atoms with Crippen LogP contribution in [0.4, 0.5) is 0 Å². The largest absolute Gasteiger partial charge is 0.458 e. The van der Waals surface area contributed by atoms with Crippen LogP contribution in [0.15, 0.2) is 0 Å². The van der Waals surface area contributed by atoms with Crippen molar-refractivity contribution in [3.63, 3.8) is 0 Å². The van der Waals surface area contributed by atoms with Gasteiger partial charge >= 0.3 is 5.97 Å². The van der Waals surface area contributed by atoms with Crippen molar-refractivity contribution in [2.24, 2.45) is 0 Å². The lowest BCUT2D eigenvalue weighted by Gasteiger charge is -2.27. The van der Waals surface area contributed by atoms with Crippen molar-refractivity contribution in [2.45, 2.75) is 70.8 Å². The quantitative estimate of drug-likeness (QED) is 0.802. The van der Waals surface area contributed by atoms with Gasteiger partial charge in [0.25, 0.3) is 0 Å². The van der Waals surface area contributed by atoms with E-state index in [9.17, 15) is 14.7 Å². The summed E-state index contributed by atoms with van der Waals surface area (Å²) in [5, 5.41) is 9.78. The Morgan fingerprint density at radius 2 is 1.50 bits per heavy atom. The highest BCUT2D eigenvalue weighted by molar-refractivity contribution is 8.14. The number of hydrogen-bond donors (Lipinski definition) is 1. The van der Waals surface area contributed by atoms with Gasteiger partial charge in [-0.3, -0.25) is 4.79 Å². The van der Waals surface area contributed by atoms with E-state index in [1.165, 1.54) is 6.92 Å². The van der Waals surface area contributed by atoms with Gasteiger partial charge in [-0.2, -0.15) is 0 Å². The third-order valence-corrected chi connectivity index (χ3v) is 2.73. The standard InChI is InChI=1S/C13H24O4S/c1-11(2,3)17-10(15)13(7,16)8-9(14)18-12(4,5)6/h16H,8H2,1-7H3/t13-/m0/s1. The summed E-state index contributed by atoms with van der Waals surface area (Å²) in [7, 11) is 0. The number of ether oxygens (including phenoxy) is 1. The van der Waals surface area contributed by atoms with Crippen LogP contribution < -0.4 is 0 Å². The molecule has 0 unspecified atom stereocenters. The van der Waals surface area contributed by atoms with E-state index in [1.807, 2.05) is 20.8 Å². The SMILES string of the molecule is CC(C)(C)OC(=O)[C@@](C)(O)CC(=O)SC(C)(C)C. The predicted molar refractivity (Wildman–Crippen MR) is 73.4 cm³/mol. The molecular formula is C13H24O4S. The molecule has 0 aliphatic rings. The van der Waals surface area contributed by atoms with Crippen LogP contribution in [-0.2, 0) is 14.3 Å². The molecule has 1 atom stereocenters. The van der Waals surface area contributed by atoms with Crippen LogP contribution in [0.2, 0.25) is 0 Å². The summed E-state index contributed by atoms with van der Waals surface area (Å²) in [4.78, 5) is 23.5. The zero-order valence-electron chi connectivity index (χ0n) is 12.3. The van der Waals surface area contributed by atoms with Crippen LogP contribution in [0.25, 0.3) is 0 Å². The van der Waals surface area contributed by atoms with Gasteiger partial charge in [-0.05, 0) is 27.7 Å². The van der Waals surface area contributed by atoms with Gasteiger partial charge in [-0.25, -0.2) is 4.79 Å². The Hall–Kier alpha value is -0.550. The minimum atomic E-state index is -1.78. The minimum Gasteiger partial charge on any atom is -0.458 e. The predicted octanol–water partition coefficient (Wildman–Crippen LogP) is 2.53. The maximum absolute atomic E-state index is 11.7. The topological polar surface area (TPSA) is 63.6 Å². The second-order valence-corrected chi connectivity index (χ2v) is 8.42. The number of carbonyl (C=O) groups is 2. The Balaban J connectivity index is 4.56. The normalized spacial score (nSPS) is 16.0. The number of aliphatic hydroxyl groups is 1. The first kappa shape index (κ1) is 17.4. The van der Waals surface area contributed by atoms with Gasteiger partial charge in [0.2, 0.25) is 0 Å². The van der Waals surface area contributed by atoms with Gasteiger partial charge in [0, 0.05) is 4.75 Å². The number of rotatable bonds is 3. The van der Waals surface area contributed by atoms with Gasteiger partial charge in [0.1, 0.15) is 5.60 Å². The first-order valence-corrected chi connectivity index (χ1v) is 6.72. The van der Waals surface area contributed by atoms with Crippen molar-refractivity contribution in [3.05, 3.63) is 0 Å². The van der Waals surface area contributed by atoms with Crippen LogP contribution in [0.3, 0.4) is 0 Å². The summed E-state index contributed by atoms with van der Waals surface area (Å²) in [6, 6.07) is 0. The van der Waals surface area contributed by atoms with Crippen LogP contribution in [0, 0.1) is 0 Å². The molecule has 0 rings (SSSR count). The molecule has 0 amide bonds. The van der Waals surface area contributed by atoms with E-state index in [-0.39, 0.29) is 16.3 Å². The molecule has 18 heavy (non-hydrogen) atoms. The third-order valence-electron chi connectivity index (χ3n) is 1.75. The van der Waals surface area contributed by atoms with Gasteiger partial charge in [0.05, 0.1) is 6.42 Å². The summed E-state index contributed by atoms with van der Waals surface area (Å²) >= 11 is 1.11. The number of carbonyl (C=O) groups excluding carboxylic acids is 2. The van der Waals surface area contributed by atoms with Crippen LogP contribution in [0.5, 0.6) is 0 Å². The molecule has 0 bridgehead atoms. The average molecular weight is 276 g/mol. The Morgan fingerprint density at radius 1 is 1.06 bits per heavy atom. The molecule has 0 saturated heterocycles. The molecule has 0 spiro atoms. The molecule has 5 heteroatoms. The van der Waals surface area contributed by atoms with Crippen molar-refractivity contribution in [1.82, 2.24) is 0 Å².